The Balaban J connectivity index is 3.20. The average Bonchev–Trinajstić information content (AvgIpc) is 2.03. The Morgan fingerprint density at radius 3 is 2.31 bits per heavy atom. The molecule has 0 aliphatic heterocycles. The second kappa shape index (κ2) is 3.76. The summed E-state index contributed by atoms with van der Waals surface area (Å²) in [4.78, 5) is -1.21. The zero-order chi connectivity index (χ0) is 10.1. The van der Waals surface area contributed by atoms with Crippen LogP contribution < -0.4 is 0 Å². The summed E-state index contributed by atoms with van der Waals surface area (Å²) in [7, 11) is 0. The maximum absolute atomic E-state index is 12.3. The molecule has 0 bridgehead atoms. The molecule has 1 radical (unpaired) electrons. The molecule has 5 heteroatoms. The number of hydrogen-bond acceptors (Lipinski definition) is 0. The molecule has 71 valence electrons. The minimum absolute atomic E-state index is 0.238. The first-order valence-electron chi connectivity index (χ1n) is 3.29. The van der Waals surface area contributed by atoms with Gasteiger partial charge in [0.1, 0.15) is 4.84 Å². The third kappa shape index (κ3) is 2.51. The van der Waals surface area contributed by atoms with Crippen LogP contribution in [0.4, 0.5) is 13.2 Å². The van der Waals surface area contributed by atoms with Gasteiger partial charge in [-0.05, 0) is 12.1 Å². The predicted molar refractivity (Wildman–Crippen MR) is 44.7 cm³/mol. The largest absolute Gasteiger partial charge is 0.416 e. The molecule has 0 saturated carbocycles. The number of rotatable bonds is 1. The van der Waals surface area contributed by atoms with E-state index in [2.05, 4.69) is 6.07 Å². The Hall–Kier alpha value is -0.410. The molecule has 0 amide bonds. The summed E-state index contributed by atoms with van der Waals surface area (Å²) in [6.45, 7) is 0. The standard InChI is InChI=1S/C8H4Cl2F3/c9-7(10)5-3-1-2-4-6(5)8(11,12)13/h1-2,4,7H. The molecule has 1 rings (SSSR count). The lowest BCUT2D eigenvalue weighted by atomic mass is 10.1. The van der Waals surface area contributed by atoms with Gasteiger partial charge in [0.05, 0.1) is 5.56 Å². The smallest absolute Gasteiger partial charge is 0.166 e. The van der Waals surface area contributed by atoms with Crippen LogP contribution in [0, 0.1) is 6.07 Å². The quantitative estimate of drug-likeness (QED) is 0.637. The molecule has 0 nitrogen and oxygen atoms in total. The van der Waals surface area contributed by atoms with Crippen molar-refractivity contribution >= 4 is 23.2 Å². The monoisotopic (exact) mass is 227 g/mol. The van der Waals surface area contributed by atoms with Crippen molar-refractivity contribution in [2.75, 3.05) is 0 Å². The van der Waals surface area contributed by atoms with Crippen LogP contribution in [0.5, 0.6) is 0 Å². The van der Waals surface area contributed by atoms with Crippen molar-refractivity contribution in [3.63, 3.8) is 0 Å². The highest BCUT2D eigenvalue weighted by molar-refractivity contribution is 6.44. The van der Waals surface area contributed by atoms with Crippen molar-refractivity contribution in [3.05, 3.63) is 35.4 Å². The third-order valence-corrected chi connectivity index (χ3v) is 1.85. The minimum Gasteiger partial charge on any atom is -0.166 e. The topological polar surface area (TPSA) is 0 Å². The van der Waals surface area contributed by atoms with E-state index in [-0.39, 0.29) is 5.56 Å². The van der Waals surface area contributed by atoms with Gasteiger partial charge in [-0.3, -0.25) is 0 Å². The van der Waals surface area contributed by atoms with Crippen LogP contribution in [-0.2, 0) is 6.18 Å². The highest BCUT2D eigenvalue weighted by Crippen LogP contribution is 2.37. The summed E-state index contributed by atoms with van der Waals surface area (Å²) in [5, 5.41) is 0. The number of alkyl halides is 5. The second-order valence-corrected chi connectivity index (χ2v) is 3.39. The van der Waals surface area contributed by atoms with E-state index in [4.69, 9.17) is 23.2 Å². The lowest BCUT2D eigenvalue weighted by molar-refractivity contribution is -0.138. The van der Waals surface area contributed by atoms with Gasteiger partial charge in [0.15, 0.2) is 0 Å². The number of benzene rings is 1. The fourth-order valence-corrected chi connectivity index (χ4v) is 1.24. The first-order chi connectivity index (χ1) is 5.93. The summed E-state index contributed by atoms with van der Waals surface area (Å²) in [6, 6.07) is 5.85. The van der Waals surface area contributed by atoms with Gasteiger partial charge in [-0.15, -0.1) is 23.2 Å². The fourth-order valence-electron chi connectivity index (χ4n) is 0.877. The van der Waals surface area contributed by atoms with E-state index in [9.17, 15) is 13.2 Å². The molecule has 0 unspecified atom stereocenters. The molecule has 0 fully saturated rings. The summed E-state index contributed by atoms with van der Waals surface area (Å²) >= 11 is 10.7. The van der Waals surface area contributed by atoms with Crippen LogP contribution in [0.1, 0.15) is 16.0 Å². The van der Waals surface area contributed by atoms with Gasteiger partial charge in [-0.25, -0.2) is 0 Å². The lowest BCUT2D eigenvalue weighted by Crippen LogP contribution is -2.08. The molecule has 0 N–H and O–H groups in total. The summed E-state index contributed by atoms with van der Waals surface area (Å²) < 4.78 is 36.8. The van der Waals surface area contributed by atoms with Crippen molar-refractivity contribution in [2.24, 2.45) is 0 Å². The van der Waals surface area contributed by atoms with Gasteiger partial charge in [0.2, 0.25) is 0 Å². The molecular weight excluding hydrogens is 224 g/mol. The molecule has 0 aliphatic rings. The van der Waals surface area contributed by atoms with Crippen molar-refractivity contribution < 1.29 is 13.2 Å². The molecule has 13 heavy (non-hydrogen) atoms. The van der Waals surface area contributed by atoms with E-state index in [1.807, 2.05) is 0 Å². The zero-order valence-electron chi connectivity index (χ0n) is 6.20. The van der Waals surface area contributed by atoms with E-state index < -0.39 is 16.6 Å². The second-order valence-electron chi connectivity index (χ2n) is 2.30. The lowest BCUT2D eigenvalue weighted by Gasteiger charge is -2.12. The zero-order valence-corrected chi connectivity index (χ0v) is 7.71. The van der Waals surface area contributed by atoms with Crippen LogP contribution in [0.25, 0.3) is 0 Å². The first-order valence-corrected chi connectivity index (χ1v) is 4.16. The van der Waals surface area contributed by atoms with Crippen LogP contribution in [-0.4, -0.2) is 0 Å². The van der Waals surface area contributed by atoms with E-state index in [0.717, 1.165) is 6.07 Å². The summed E-state index contributed by atoms with van der Waals surface area (Å²) in [6.07, 6.45) is -4.44. The minimum atomic E-state index is -4.44. The molecule has 0 heterocycles. The van der Waals surface area contributed by atoms with E-state index in [1.54, 1.807) is 0 Å². The Labute approximate surface area is 83.3 Å². The maximum atomic E-state index is 12.3. The fraction of sp³-hybridized carbons (Fsp3) is 0.250. The molecule has 0 spiro atoms. The van der Waals surface area contributed by atoms with Crippen molar-refractivity contribution in [1.29, 1.82) is 0 Å². The maximum Gasteiger partial charge on any atom is 0.416 e. The van der Waals surface area contributed by atoms with Crippen molar-refractivity contribution in [2.45, 2.75) is 11.0 Å². The number of halogens is 5. The van der Waals surface area contributed by atoms with Crippen LogP contribution in [0.3, 0.4) is 0 Å². The van der Waals surface area contributed by atoms with E-state index >= 15 is 0 Å². The van der Waals surface area contributed by atoms with Gasteiger partial charge in [0, 0.05) is 5.56 Å². The van der Waals surface area contributed by atoms with Crippen LogP contribution in [0.15, 0.2) is 18.2 Å². The van der Waals surface area contributed by atoms with E-state index in [0.29, 0.717) is 0 Å². The van der Waals surface area contributed by atoms with Crippen molar-refractivity contribution in [3.8, 4) is 0 Å². The highest BCUT2D eigenvalue weighted by Gasteiger charge is 2.34. The summed E-state index contributed by atoms with van der Waals surface area (Å²) in [5.74, 6) is 0. The number of hydrogen-bond donors (Lipinski definition) is 0. The third-order valence-electron chi connectivity index (χ3n) is 1.41. The Morgan fingerprint density at radius 1 is 1.31 bits per heavy atom. The van der Waals surface area contributed by atoms with Gasteiger partial charge in [-0.2, -0.15) is 13.2 Å². The van der Waals surface area contributed by atoms with Gasteiger partial charge >= 0.3 is 6.18 Å². The molecule has 1 aromatic rings. The Morgan fingerprint density at radius 2 is 1.92 bits per heavy atom. The Kier molecular flexibility index (Phi) is 3.09. The van der Waals surface area contributed by atoms with Gasteiger partial charge < -0.3 is 0 Å². The predicted octanol–water partition coefficient (Wildman–Crippen LogP) is 3.98. The molecule has 0 saturated heterocycles. The van der Waals surface area contributed by atoms with Crippen LogP contribution in [0.2, 0.25) is 0 Å². The molecular formula is C8H4Cl2F3. The summed E-state index contributed by atoms with van der Waals surface area (Å²) in [5.41, 5.74) is -1.08. The Bertz CT molecular complexity index is 294. The van der Waals surface area contributed by atoms with Gasteiger partial charge in [0.25, 0.3) is 0 Å². The SMILES string of the molecule is FC(F)(F)c1ccc[c]c1C(Cl)Cl. The average molecular weight is 228 g/mol. The molecule has 1 aromatic carbocycles. The highest BCUT2D eigenvalue weighted by atomic mass is 35.5. The normalized spacial score (nSPS) is 12.2. The first kappa shape index (κ1) is 10.7. The molecule has 0 atom stereocenters. The van der Waals surface area contributed by atoms with Gasteiger partial charge in [-0.1, -0.05) is 12.1 Å². The molecule has 0 aromatic heterocycles. The van der Waals surface area contributed by atoms with Crippen molar-refractivity contribution in [1.82, 2.24) is 0 Å². The van der Waals surface area contributed by atoms with E-state index in [1.165, 1.54) is 12.1 Å². The van der Waals surface area contributed by atoms with Crippen LogP contribution >= 0.6 is 23.2 Å². The molecule has 0 aliphatic carbocycles.